The van der Waals surface area contributed by atoms with Crippen LogP contribution in [0.2, 0.25) is 5.02 Å². The van der Waals surface area contributed by atoms with E-state index in [2.05, 4.69) is 5.32 Å². The van der Waals surface area contributed by atoms with Crippen LogP contribution in [0.25, 0.3) is 0 Å². The second kappa shape index (κ2) is 15.0. The van der Waals surface area contributed by atoms with Gasteiger partial charge in [-0.1, -0.05) is 86.1 Å². The van der Waals surface area contributed by atoms with Gasteiger partial charge in [0.05, 0.1) is 11.5 Å². The van der Waals surface area contributed by atoms with Crippen molar-refractivity contribution < 1.29 is 14.7 Å². The van der Waals surface area contributed by atoms with Gasteiger partial charge < -0.3 is 21.1 Å². The molecule has 2 amide bonds. The zero-order valence-corrected chi connectivity index (χ0v) is 23.9. The fourth-order valence-corrected chi connectivity index (χ4v) is 5.64. The van der Waals surface area contributed by atoms with Crippen molar-refractivity contribution in [2.75, 3.05) is 26.2 Å². The van der Waals surface area contributed by atoms with E-state index in [4.69, 9.17) is 17.3 Å². The first kappa shape index (κ1) is 30.6. The van der Waals surface area contributed by atoms with Crippen LogP contribution in [-0.2, 0) is 22.4 Å². The van der Waals surface area contributed by atoms with Crippen molar-refractivity contribution in [2.45, 2.75) is 52.1 Å². The van der Waals surface area contributed by atoms with E-state index in [9.17, 15) is 14.7 Å². The van der Waals surface area contributed by atoms with E-state index in [1.54, 1.807) is 18.2 Å². The maximum atomic E-state index is 13.5. The molecule has 0 spiro atoms. The molecule has 3 rings (SSSR count). The van der Waals surface area contributed by atoms with E-state index < -0.39 is 23.3 Å². The van der Waals surface area contributed by atoms with Crippen molar-refractivity contribution >= 4 is 23.4 Å². The van der Waals surface area contributed by atoms with E-state index in [0.717, 1.165) is 30.4 Å². The number of rotatable bonds is 15. The molecule has 39 heavy (non-hydrogen) atoms. The average molecular weight is 552 g/mol. The Labute approximate surface area is 237 Å². The molecular formula is C32H42ClN3O3. The molecule has 0 saturated heterocycles. The molecule has 2 aromatic carbocycles. The molecule has 1 aliphatic carbocycles. The summed E-state index contributed by atoms with van der Waals surface area (Å²) in [6.07, 6.45) is 7.53. The number of primary amides is 1. The predicted octanol–water partition coefficient (Wildman–Crippen LogP) is 4.70. The first-order chi connectivity index (χ1) is 18.8. The molecule has 2 aromatic rings. The number of hydrogen-bond donors (Lipinski definition) is 3. The van der Waals surface area contributed by atoms with Crippen LogP contribution in [0.15, 0.2) is 78.4 Å². The summed E-state index contributed by atoms with van der Waals surface area (Å²) in [7, 11) is 0. The van der Waals surface area contributed by atoms with Crippen molar-refractivity contribution in [2.24, 2.45) is 17.1 Å². The molecule has 210 valence electrons. The number of halogens is 1. The van der Waals surface area contributed by atoms with Crippen LogP contribution in [0.3, 0.4) is 0 Å². The number of amides is 2. The van der Waals surface area contributed by atoms with Gasteiger partial charge in [-0.3, -0.25) is 9.59 Å². The largest absolute Gasteiger partial charge is 0.391 e. The monoisotopic (exact) mass is 551 g/mol. The van der Waals surface area contributed by atoms with Gasteiger partial charge in [-0.2, -0.15) is 0 Å². The highest BCUT2D eigenvalue weighted by molar-refractivity contribution is 6.30. The molecule has 0 aromatic heterocycles. The zero-order valence-electron chi connectivity index (χ0n) is 23.1. The van der Waals surface area contributed by atoms with Gasteiger partial charge in [-0.25, -0.2) is 0 Å². The highest BCUT2D eigenvalue weighted by Crippen LogP contribution is 2.43. The van der Waals surface area contributed by atoms with Gasteiger partial charge in [0.15, 0.2) is 0 Å². The maximum absolute atomic E-state index is 13.5. The maximum Gasteiger partial charge on any atom is 0.249 e. The first-order valence-electron chi connectivity index (χ1n) is 14.0. The minimum absolute atomic E-state index is 0.0683. The summed E-state index contributed by atoms with van der Waals surface area (Å²) in [6.45, 7) is 6.33. The number of nitrogens with two attached hydrogens (primary N) is 1. The molecular weight excluding hydrogens is 510 g/mol. The lowest BCUT2D eigenvalue weighted by atomic mass is 9.64. The van der Waals surface area contributed by atoms with Crippen LogP contribution in [0, 0.1) is 11.3 Å². The van der Waals surface area contributed by atoms with Gasteiger partial charge in [0.2, 0.25) is 11.8 Å². The second-order valence-corrected chi connectivity index (χ2v) is 10.8. The van der Waals surface area contributed by atoms with Crippen LogP contribution >= 0.6 is 11.6 Å². The van der Waals surface area contributed by atoms with E-state index >= 15 is 0 Å². The topological polar surface area (TPSA) is 95.7 Å². The quantitative estimate of drug-likeness (QED) is 0.280. The second-order valence-electron chi connectivity index (χ2n) is 10.4. The lowest BCUT2D eigenvalue weighted by Gasteiger charge is -2.41. The van der Waals surface area contributed by atoms with E-state index in [1.165, 1.54) is 0 Å². The van der Waals surface area contributed by atoms with Gasteiger partial charge in [0.25, 0.3) is 0 Å². The van der Waals surface area contributed by atoms with Crippen molar-refractivity contribution in [3.05, 3.63) is 94.5 Å². The summed E-state index contributed by atoms with van der Waals surface area (Å²) in [4.78, 5) is 28.6. The molecule has 1 aliphatic rings. The summed E-state index contributed by atoms with van der Waals surface area (Å²) in [6, 6.07) is 17.5. The highest BCUT2D eigenvalue weighted by Gasteiger charge is 2.47. The summed E-state index contributed by atoms with van der Waals surface area (Å²) < 4.78 is 0. The first-order valence-corrected chi connectivity index (χ1v) is 14.3. The van der Waals surface area contributed by atoms with E-state index in [1.807, 2.05) is 73.3 Å². The molecule has 6 nitrogen and oxygen atoms in total. The number of aliphatic hydroxyl groups excluding tert-OH is 1. The van der Waals surface area contributed by atoms with Crippen LogP contribution in [0.4, 0.5) is 0 Å². The van der Waals surface area contributed by atoms with Crippen molar-refractivity contribution in [3.8, 4) is 0 Å². The fraction of sp³-hybridized carbons (Fsp3) is 0.438. The molecule has 0 fully saturated rings. The number of nitrogens with zero attached hydrogens (tertiary/aromatic N) is 1. The van der Waals surface area contributed by atoms with Crippen LogP contribution in [0.5, 0.6) is 0 Å². The van der Waals surface area contributed by atoms with Crippen LogP contribution < -0.4 is 11.1 Å². The van der Waals surface area contributed by atoms with Gasteiger partial charge in [-0.15, -0.1) is 0 Å². The Morgan fingerprint density at radius 1 is 1.08 bits per heavy atom. The number of allylic oxidation sites excluding steroid dienone is 2. The van der Waals surface area contributed by atoms with Crippen molar-refractivity contribution in [3.63, 3.8) is 0 Å². The average Bonchev–Trinajstić information content (AvgIpc) is 2.94. The Morgan fingerprint density at radius 3 is 2.41 bits per heavy atom. The summed E-state index contributed by atoms with van der Waals surface area (Å²) in [5.74, 6) is -1.13. The Hall–Kier alpha value is -2.93. The fourth-order valence-electron chi connectivity index (χ4n) is 5.43. The van der Waals surface area contributed by atoms with E-state index in [0.29, 0.717) is 36.7 Å². The lowest BCUT2D eigenvalue weighted by molar-refractivity contribution is -0.132. The third-order valence-corrected chi connectivity index (χ3v) is 7.67. The SMILES string of the molecule is CCCN(CCC)C(=O)C1=CC=CC(C(N)=O)([C@H](Cc2ccccc2)[C@@H](O)CNCCc2cccc(Cl)c2)C1. The normalized spacial score (nSPS) is 18.3. The molecule has 4 N–H and O–H groups in total. The molecule has 0 aliphatic heterocycles. The molecule has 0 saturated carbocycles. The number of carbonyl (C=O) groups excluding carboxylic acids is 2. The van der Waals surface area contributed by atoms with Crippen molar-refractivity contribution in [1.82, 2.24) is 10.2 Å². The molecule has 7 heteroatoms. The summed E-state index contributed by atoms with van der Waals surface area (Å²) in [5.41, 5.74) is 7.56. The molecule has 3 atom stereocenters. The minimum Gasteiger partial charge on any atom is -0.391 e. The zero-order chi connectivity index (χ0) is 28.3. The summed E-state index contributed by atoms with van der Waals surface area (Å²) in [5, 5.41) is 15.6. The third kappa shape index (κ3) is 8.28. The Kier molecular flexibility index (Phi) is 11.8. The Morgan fingerprint density at radius 2 is 1.77 bits per heavy atom. The van der Waals surface area contributed by atoms with Crippen LogP contribution in [-0.4, -0.2) is 54.1 Å². The lowest BCUT2D eigenvalue weighted by Crippen LogP contribution is -2.51. The van der Waals surface area contributed by atoms with Gasteiger partial charge in [0, 0.05) is 36.1 Å². The smallest absolute Gasteiger partial charge is 0.249 e. The predicted molar refractivity (Wildman–Crippen MR) is 158 cm³/mol. The number of benzene rings is 2. The number of aliphatic hydroxyl groups is 1. The molecule has 0 radical (unpaired) electrons. The molecule has 0 bridgehead atoms. The van der Waals surface area contributed by atoms with E-state index in [-0.39, 0.29) is 18.9 Å². The molecule has 1 unspecified atom stereocenters. The van der Waals surface area contributed by atoms with Gasteiger partial charge in [0.1, 0.15) is 0 Å². The van der Waals surface area contributed by atoms with Gasteiger partial charge in [-0.05, 0) is 61.9 Å². The van der Waals surface area contributed by atoms with Crippen molar-refractivity contribution in [1.29, 1.82) is 0 Å². The molecule has 0 heterocycles. The standard InChI is InChI=1S/C32H42ClN3O3/c1-3-18-36(19-4-2)30(38)26-13-9-16-32(22-26,31(34)39)28(21-24-10-6-5-7-11-24)29(37)23-35-17-15-25-12-8-14-27(33)20-25/h5-14,16,20,28-29,35,37H,3-4,15,17-19,21-23H2,1-2H3,(H2,34,39)/t28-,29+,32?/m1/s1. The number of nitrogens with one attached hydrogen (secondary N) is 1. The number of carbonyl (C=O) groups is 2. The Balaban J connectivity index is 1.82. The minimum atomic E-state index is -1.20. The highest BCUT2D eigenvalue weighted by atomic mass is 35.5. The Bertz CT molecular complexity index is 1140. The number of hydrogen-bond acceptors (Lipinski definition) is 4. The summed E-state index contributed by atoms with van der Waals surface area (Å²) >= 11 is 6.10. The van der Waals surface area contributed by atoms with Gasteiger partial charge >= 0.3 is 0 Å². The van der Waals surface area contributed by atoms with Crippen LogP contribution in [0.1, 0.15) is 44.2 Å². The third-order valence-electron chi connectivity index (χ3n) is 7.44.